The van der Waals surface area contributed by atoms with Gasteiger partial charge in [-0.15, -0.1) is 0 Å². The van der Waals surface area contributed by atoms with Crippen LogP contribution in [0.5, 0.6) is 0 Å². The van der Waals surface area contributed by atoms with Crippen molar-refractivity contribution in [3.63, 3.8) is 0 Å². The summed E-state index contributed by atoms with van der Waals surface area (Å²) in [4.78, 5) is 40.4. The third-order valence-corrected chi connectivity index (χ3v) is 9.95. The molecule has 0 spiro atoms. The van der Waals surface area contributed by atoms with Crippen LogP contribution in [-0.4, -0.2) is 98.2 Å². The third-order valence-electron chi connectivity index (χ3n) is 9.95. The van der Waals surface area contributed by atoms with Gasteiger partial charge in [0.25, 0.3) is 0 Å². The van der Waals surface area contributed by atoms with Crippen molar-refractivity contribution < 1.29 is 54.1 Å². The number of esters is 2. The highest BCUT2D eigenvalue weighted by Crippen LogP contribution is 2.63. The predicted molar refractivity (Wildman–Crippen MR) is 137 cm³/mol. The van der Waals surface area contributed by atoms with Crippen molar-refractivity contribution in [2.24, 2.45) is 16.7 Å². The van der Waals surface area contributed by atoms with E-state index in [0.717, 1.165) is 6.92 Å². The Balaban J connectivity index is 1.84. The van der Waals surface area contributed by atoms with Gasteiger partial charge in [-0.25, -0.2) is 4.79 Å². The molecular weight excluding hydrogens is 524 g/mol. The van der Waals surface area contributed by atoms with Crippen molar-refractivity contribution >= 4 is 17.7 Å². The summed E-state index contributed by atoms with van der Waals surface area (Å²) in [5.74, 6) is -4.20. The van der Waals surface area contributed by atoms with Crippen LogP contribution in [0, 0.1) is 16.7 Å². The van der Waals surface area contributed by atoms with Crippen LogP contribution in [0.3, 0.4) is 0 Å². The van der Waals surface area contributed by atoms with Crippen LogP contribution in [0.1, 0.15) is 50.9 Å². The maximum Gasteiger partial charge on any atom is 0.338 e. The maximum absolute atomic E-state index is 14.4. The van der Waals surface area contributed by atoms with E-state index in [-0.39, 0.29) is 36.2 Å². The van der Waals surface area contributed by atoms with Crippen molar-refractivity contribution in [2.45, 2.75) is 82.3 Å². The van der Waals surface area contributed by atoms with Gasteiger partial charge >= 0.3 is 11.9 Å². The summed E-state index contributed by atoms with van der Waals surface area (Å²) in [6.07, 6.45) is -8.20. The molecule has 0 aromatic heterocycles. The normalized spacial score (nSPS) is 42.0. The smallest absolute Gasteiger partial charge is 0.338 e. The fourth-order valence-electron chi connectivity index (χ4n) is 7.75. The summed E-state index contributed by atoms with van der Waals surface area (Å²) in [6.45, 7) is 4.51. The maximum atomic E-state index is 14.4. The molecule has 4 aliphatic rings. The number of ketones is 1. The molecule has 1 heterocycles. The van der Waals surface area contributed by atoms with Crippen molar-refractivity contribution in [1.82, 2.24) is 0 Å². The minimum absolute atomic E-state index is 0.00602. The van der Waals surface area contributed by atoms with Gasteiger partial charge in [0.2, 0.25) is 0 Å². The first-order valence-electron chi connectivity index (χ1n) is 13.4. The minimum Gasteiger partial charge on any atom is -0.455 e. The number of aliphatic hydroxyl groups excluding tert-OH is 4. The van der Waals surface area contributed by atoms with Gasteiger partial charge in [0, 0.05) is 25.2 Å². The lowest BCUT2D eigenvalue weighted by Crippen LogP contribution is -2.82. The molecule has 3 aliphatic carbocycles. The first kappa shape index (κ1) is 28.8. The Bertz CT molecular complexity index is 1260. The van der Waals surface area contributed by atoms with Gasteiger partial charge < -0.3 is 39.7 Å². The first-order valence-corrected chi connectivity index (χ1v) is 13.4. The van der Waals surface area contributed by atoms with Crippen molar-refractivity contribution in [1.29, 1.82) is 0 Å². The second-order valence-corrected chi connectivity index (χ2v) is 12.1. The standard InChI is InChI=1S/C29H36O11/c1-14-17(32)11-29(37)24(39-25(36)16-8-6-5-7-9-16)22-27(12-30,23(35)21(34)20(14)26(29,3)4)18(33)10-19-28(22,13-38-19)40-15(2)31/h5-9,17-19,21-22,24,30,32-34,37H,10-13H2,1-4H3/t17-,18-,19+,21+,22-,24-,27+,28-,29+/m0/s1. The molecule has 11 heteroatoms. The number of carbonyl (C=O) groups is 3. The molecule has 0 amide bonds. The Hall–Kier alpha value is -2.67. The van der Waals surface area contributed by atoms with E-state index in [4.69, 9.17) is 14.2 Å². The van der Waals surface area contributed by atoms with Gasteiger partial charge in [-0.1, -0.05) is 32.0 Å². The third kappa shape index (κ3) is 3.61. The zero-order valence-electron chi connectivity index (χ0n) is 22.9. The van der Waals surface area contributed by atoms with Crippen LogP contribution >= 0.6 is 0 Å². The molecule has 0 radical (unpaired) electrons. The monoisotopic (exact) mass is 560 g/mol. The summed E-state index contributed by atoms with van der Waals surface area (Å²) in [5.41, 5.74) is -7.23. The molecule has 5 rings (SSSR count). The molecule has 3 fully saturated rings. The summed E-state index contributed by atoms with van der Waals surface area (Å²) in [7, 11) is 0. The van der Waals surface area contributed by atoms with E-state index >= 15 is 0 Å². The molecule has 1 saturated heterocycles. The zero-order valence-corrected chi connectivity index (χ0v) is 22.9. The summed E-state index contributed by atoms with van der Waals surface area (Å²) in [5, 5.41) is 57.7. The molecule has 2 bridgehead atoms. The van der Waals surface area contributed by atoms with Crippen LogP contribution in [0.25, 0.3) is 0 Å². The largest absolute Gasteiger partial charge is 0.455 e. The van der Waals surface area contributed by atoms with E-state index in [1.54, 1.807) is 32.0 Å². The number of Topliss-reactive ketones (excluding diaryl/α,β-unsaturated/α-hetero) is 1. The van der Waals surface area contributed by atoms with E-state index in [2.05, 4.69) is 0 Å². The molecule has 40 heavy (non-hydrogen) atoms. The van der Waals surface area contributed by atoms with Crippen molar-refractivity contribution in [3.8, 4) is 0 Å². The Morgan fingerprint density at radius 2 is 1.77 bits per heavy atom. The van der Waals surface area contributed by atoms with Crippen LogP contribution in [0.4, 0.5) is 0 Å². The van der Waals surface area contributed by atoms with Gasteiger partial charge in [-0.3, -0.25) is 9.59 Å². The Morgan fingerprint density at radius 1 is 1.12 bits per heavy atom. The highest BCUT2D eigenvalue weighted by Gasteiger charge is 2.79. The molecule has 0 unspecified atom stereocenters. The summed E-state index contributed by atoms with van der Waals surface area (Å²) in [6, 6.07) is 7.90. The van der Waals surface area contributed by atoms with Gasteiger partial charge in [-0.05, 0) is 30.2 Å². The predicted octanol–water partition coefficient (Wildman–Crippen LogP) is 0.0542. The molecule has 218 valence electrons. The molecular formula is C29H36O11. The lowest BCUT2D eigenvalue weighted by atomic mass is 9.44. The van der Waals surface area contributed by atoms with E-state index in [1.807, 2.05) is 0 Å². The van der Waals surface area contributed by atoms with Crippen molar-refractivity contribution in [3.05, 3.63) is 47.0 Å². The Morgan fingerprint density at radius 3 is 2.33 bits per heavy atom. The first-order chi connectivity index (χ1) is 18.7. The molecule has 1 aromatic rings. The molecule has 1 aromatic carbocycles. The highest BCUT2D eigenvalue weighted by molar-refractivity contribution is 5.94. The number of carbonyl (C=O) groups excluding carboxylic acids is 3. The van der Waals surface area contributed by atoms with Gasteiger partial charge in [0.15, 0.2) is 11.4 Å². The number of rotatable bonds is 4. The number of aliphatic hydroxyl groups is 5. The second kappa shape index (κ2) is 9.43. The SMILES string of the molecule is CC(=O)O[C@@]12CO[C@@H]1C[C@H](O)[C@@]1(CO)C(=O)[C@H](O)C3=C(C)[C@@H](O)C[C@@](O)([C@@H](OC(=O)c4ccccc4)[C@H]21)C3(C)C. The van der Waals surface area contributed by atoms with Gasteiger partial charge in [0.05, 0.1) is 42.3 Å². The molecule has 11 nitrogen and oxygen atoms in total. The summed E-state index contributed by atoms with van der Waals surface area (Å²) < 4.78 is 17.6. The molecule has 2 saturated carbocycles. The van der Waals surface area contributed by atoms with E-state index in [0.29, 0.717) is 0 Å². The summed E-state index contributed by atoms with van der Waals surface area (Å²) >= 11 is 0. The highest BCUT2D eigenvalue weighted by atomic mass is 16.6. The van der Waals surface area contributed by atoms with E-state index in [1.165, 1.54) is 19.1 Å². The lowest BCUT2D eigenvalue weighted by molar-refractivity contribution is -0.350. The van der Waals surface area contributed by atoms with Gasteiger partial charge in [-0.2, -0.15) is 0 Å². The van der Waals surface area contributed by atoms with Crippen LogP contribution in [-0.2, 0) is 23.8 Å². The average molecular weight is 561 g/mol. The van der Waals surface area contributed by atoms with Gasteiger partial charge in [0.1, 0.15) is 23.9 Å². The van der Waals surface area contributed by atoms with Crippen LogP contribution < -0.4 is 0 Å². The fourth-order valence-corrected chi connectivity index (χ4v) is 7.75. The van der Waals surface area contributed by atoms with E-state index < -0.39 is 82.8 Å². The van der Waals surface area contributed by atoms with Crippen LogP contribution in [0.15, 0.2) is 41.5 Å². The Kier molecular flexibility index (Phi) is 6.80. The number of hydrogen-bond acceptors (Lipinski definition) is 11. The molecule has 1 aliphatic heterocycles. The van der Waals surface area contributed by atoms with E-state index in [9.17, 15) is 39.9 Å². The molecule has 5 N–H and O–H groups in total. The zero-order chi connectivity index (χ0) is 29.4. The lowest BCUT2D eigenvalue weighted by Gasteiger charge is -2.67. The number of hydrogen-bond donors (Lipinski definition) is 5. The number of benzene rings is 1. The second-order valence-electron chi connectivity index (χ2n) is 12.1. The number of fused-ring (bicyclic) bond motifs is 5. The van der Waals surface area contributed by atoms with Crippen molar-refractivity contribution in [2.75, 3.05) is 13.2 Å². The molecule has 9 atom stereocenters. The fraction of sp³-hybridized carbons (Fsp3) is 0.621. The topological polar surface area (TPSA) is 180 Å². The quantitative estimate of drug-likeness (QED) is 0.248. The number of ether oxygens (including phenoxy) is 3. The Labute approximate surface area is 231 Å². The average Bonchev–Trinajstić information content (AvgIpc) is 2.89. The minimum atomic E-state index is -2.24. The van der Waals surface area contributed by atoms with Crippen LogP contribution in [0.2, 0.25) is 0 Å².